The fourth-order valence-electron chi connectivity index (χ4n) is 1.92. The lowest BCUT2D eigenvalue weighted by atomic mass is 10.3. The Morgan fingerprint density at radius 1 is 1.29 bits per heavy atom. The number of rotatable bonds is 8. The summed E-state index contributed by atoms with van der Waals surface area (Å²) in [5, 5.41) is 7.09. The zero-order valence-electron chi connectivity index (χ0n) is 12.2. The second kappa shape index (κ2) is 7.51. The Balaban J connectivity index is 2.16. The monoisotopic (exact) mass is 344 g/mol. The quantitative estimate of drug-likeness (QED) is 0.800. The largest absolute Gasteiger partial charge is 0.313 e. The first-order valence-electron chi connectivity index (χ1n) is 6.88. The highest BCUT2D eigenvalue weighted by molar-refractivity contribution is 7.91. The molecule has 0 saturated heterocycles. The number of nitrogens with one attached hydrogen (secondary N) is 1. The van der Waals surface area contributed by atoms with E-state index in [0.29, 0.717) is 23.8 Å². The van der Waals surface area contributed by atoms with Crippen LogP contribution in [0.4, 0.5) is 0 Å². The van der Waals surface area contributed by atoms with Gasteiger partial charge in [0.15, 0.2) is 0 Å². The van der Waals surface area contributed by atoms with Crippen LogP contribution in [0.5, 0.6) is 0 Å². The van der Waals surface area contributed by atoms with Gasteiger partial charge in [-0.3, -0.25) is 0 Å². The number of nitrogens with zero attached hydrogens (tertiary/aromatic N) is 1. The topological polar surface area (TPSA) is 49.4 Å². The van der Waals surface area contributed by atoms with Crippen LogP contribution in [0.2, 0.25) is 0 Å². The lowest BCUT2D eigenvalue weighted by Crippen LogP contribution is -2.29. The van der Waals surface area contributed by atoms with Crippen LogP contribution in [0, 0.1) is 0 Å². The molecule has 2 heterocycles. The first kappa shape index (κ1) is 16.6. The molecule has 2 aromatic heterocycles. The maximum atomic E-state index is 12.7. The van der Waals surface area contributed by atoms with Crippen LogP contribution in [0.3, 0.4) is 0 Å². The third-order valence-electron chi connectivity index (χ3n) is 3.07. The van der Waals surface area contributed by atoms with E-state index in [-0.39, 0.29) is 0 Å². The Labute approximate surface area is 134 Å². The zero-order chi connectivity index (χ0) is 15.3. The average molecular weight is 345 g/mol. The minimum Gasteiger partial charge on any atom is -0.313 e. The van der Waals surface area contributed by atoms with Gasteiger partial charge in [-0.2, -0.15) is 4.31 Å². The predicted octanol–water partition coefficient (Wildman–Crippen LogP) is 3.13. The van der Waals surface area contributed by atoms with Gasteiger partial charge in [-0.15, -0.1) is 22.7 Å². The first-order chi connectivity index (χ1) is 10.1. The van der Waals surface area contributed by atoms with Crippen molar-refractivity contribution in [2.24, 2.45) is 0 Å². The highest BCUT2D eigenvalue weighted by atomic mass is 32.2. The molecule has 0 aliphatic carbocycles. The number of hydrogen-bond donors (Lipinski definition) is 1. The van der Waals surface area contributed by atoms with Crippen molar-refractivity contribution in [1.82, 2.24) is 9.62 Å². The molecule has 0 aromatic carbocycles. The molecule has 7 heteroatoms. The van der Waals surface area contributed by atoms with Gasteiger partial charge in [0.25, 0.3) is 10.0 Å². The number of hydrogen-bond acceptors (Lipinski definition) is 5. The Hall–Kier alpha value is -0.730. The van der Waals surface area contributed by atoms with Crippen LogP contribution >= 0.6 is 22.7 Å². The van der Waals surface area contributed by atoms with Gasteiger partial charge in [-0.1, -0.05) is 19.9 Å². The van der Waals surface area contributed by atoms with Gasteiger partial charge < -0.3 is 5.32 Å². The van der Waals surface area contributed by atoms with Crippen molar-refractivity contribution in [3.63, 3.8) is 0 Å². The van der Waals surface area contributed by atoms with Crippen molar-refractivity contribution in [1.29, 1.82) is 0 Å². The van der Waals surface area contributed by atoms with Gasteiger partial charge in [-0.05, 0) is 35.0 Å². The summed E-state index contributed by atoms with van der Waals surface area (Å²) >= 11 is 2.88. The van der Waals surface area contributed by atoms with Crippen LogP contribution in [-0.2, 0) is 23.1 Å². The van der Waals surface area contributed by atoms with Crippen LogP contribution in [0.1, 0.15) is 24.3 Å². The van der Waals surface area contributed by atoms with Crippen molar-refractivity contribution >= 4 is 32.7 Å². The number of sulfonamides is 1. The van der Waals surface area contributed by atoms with Crippen molar-refractivity contribution in [2.45, 2.75) is 31.1 Å². The third-order valence-corrected chi connectivity index (χ3v) is 7.31. The molecule has 0 bridgehead atoms. The minimum absolute atomic E-state index is 0.425. The van der Waals surface area contributed by atoms with Gasteiger partial charge in [0, 0.05) is 24.5 Å². The summed E-state index contributed by atoms with van der Waals surface area (Å²) in [6.07, 6.45) is 0. The van der Waals surface area contributed by atoms with Crippen molar-refractivity contribution in [2.75, 3.05) is 13.1 Å². The van der Waals surface area contributed by atoms with Crippen molar-refractivity contribution in [3.8, 4) is 0 Å². The van der Waals surface area contributed by atoms with Gasteiger partial charge in [0.2, 0.25) is 0 Å². The van der Waals surface area contributed by atoms with E-state index < -0.39 is 10.0 Å². The predicted molar refractivity (Wildman–Crippen MR) is 89.3 cm³/mol. The lowest BCUT2D eigenvalue weighted by Gasteiger charge is -2.18. The maximum Gasteiger partial charge on any atom is 0.252 e. The maximum absolute atomic E-state index is 12.7. The molecule has 4 nitrogen and oxygen atoms in total. The van der Waals surface area contributed by atoms with Crippen molar-refractivity contribution in [3.05, 3.63) is 39.4 Å². The second-order valence-corrected chi connectivity index (χ2v) is 8.67. The van der Waals surface area contributed by atoms with Gasteiger partial charge in [0.1, 0.15) is 4.21 Å². The fraction of sp³-hybridized carbons (Fsp3) is 0.429. The fourth-order valence-corrected chi connectivity index (χ4v) is 5.51. The molecule has 2 aromatic rings. The van der Waals surface area contributed by atoms with Gasteiger partial charge in [-0.25, -0.2) is 8.42 Å². The lowest BCUT2D eigenvalue weighted by molar-refractivity contribution is 0.428. The Kier molecular flexibility index (Phi) is 5.95. The standard InChI is InChI=1S/C14H20N2O2S3/c1-3-15-9-12-8-14(20-11-12)21(17,18)16(4-2)10-13-6-5-7-19-13/h5-8,11,15H,3-4,9-10H2,1-2H3. The van der Waals surface area contributed by atoms with Crippen LogP contribution in [0.25, 0.3) is 0 Å². The van der Waals surface area contributed by atoms with E-state index in [0.717, 1.165) is 17.0 Å². The van der Waals surface area contributed by atoms with Crippen LogP contribution < -0.4 is 5.32 Å². The van der Waals surface area contributed by atoms with Crippen LogP contribution in [-0.4, -0.2) is 25.8 Å². The highest BCUT2D eigenvalue weighted by Crippen LogP contribution is 2.26. The van der Waals surface area contributed by atoms with E-state index in [4.69, 9.17) is 0 Å². The van der Waals surface area contributed by atoms with Gasteiger partial charge in [0.05, 0.1) is 0 Å². The average Bonchev–Trinajstić information content (AvgIpc) is 3.13. The molecule has 0 radical (unpaired) electrons. The molecule has 0 amide bonds. The van der Waals surface area contributed by atoms with E-state index in [1.54, 1.807) is 17.4 Å². The van der Waals surface area contributed by atoms with E-state index in [1.165, 1.54) is 15.6 Å². The molecule has 0 unspecified atom stereocenters. The Morgan fingerprint density at radius 3 is 2.71 bits per heavy atom. The van der Waals surface area contributed by atoms with E-state index in [2.05, 4.69) is 5.32 Å². The van der Waals surface area contributed by atoms with Crippen LogP contribution in [0.15, 0.2) is 33.2 Å². The summed E-state index contributed by atoms with van der Waals surface area (Å²) in [5.41, 5.74) is 1.02. The molecule has 0 spiro atoms. The molecule has 0 saturated carbocycles. The molecule has 2 rings (SSSR count). The summed E-state index contributed by atoms with van der Waals surface area (Å²) in [6, 6.07) is 5.69. The summed E-state index contributed by atoms with van der Waals surface area (Å²) in [5.74, 6) is 0. The molecule has 116 valence electrons. The highest BCUT2D eigenvalue weighted by Gasteiger charge is 2.25. The molecule has 0 aliphatic rings. The third kappa shape index (κ3) is 4.14. The second-order valence-electron chi connectivity index (χ2n) is 4.56. The molecular weight excluding hydrogens is 324 g/mol. The smallest absolute Gasteiger partial charge is 0.252 e. The summed E-state index contributed by atoms with van der Waals surface area (Å²) < 4.78 is 27.3. The summed E-state index contributed by atoms with van der Waals surface area (Å²) in [4.78, 5) is 1.06. The number of thiophene rings is 2. The zero-order valence-corrected chi connectivity index (χ0v) is 14.7. The molecule has 1 N–H and O–H groups in total. The van der Waals surface area contributed by atoms with E-state index >= 15 is 0 Å². The normalized spacial score (nSPS) is 12.1. The molecule has 21 heavy (non-hydrogen) atoms. The summed E-state index contributed by atoms with van der Waals surface area (Å²) in [6.45, 7) is 6.40. The first-order valence-corrected chi connectivity index (χ1v) is 10.1. The summed E-state index contributed by atoms with van der Waals surface area (Å²) in [7, 11) is -3.40. The van der Waals surface area contributed by atoms with E-state index in [1.807, 2.05) is 36.7 Å². The molecule has 0 atom stereocenters. The Bertz CT molecular complexity index is 648. The molecular formula is C14H20N2O2S3. The Morgan fingerprint density at radius 2 is 2.10 bits per heavy atom. The van der Waals surface area contributed by atoms with Gasteiger partial charge >= 0.3 is 0 Å². The minimum atomic E-state index is -3.40. The molecule has 0 fully saturated rings. The van der Waals surface area contributed by atoms with Crippen molar-refractivity contribution < 1.29 is 8.42 Å². The molecule has 0 aliphatic heterocycles. The SMILES string of the molecule is CCNCc1csc(S(=O)(=O)N(CC)Cc2cccs2)c1. The van der Waals surface area contributed by atoms with E-state index in [9.17, 15) is 8.42 Å².